The van der Waals surface area contributed by atoms with Crippen molar-refractivity contribution in [2.24, 2.45) is 0 Å². The molecule has 0 heterocycles. The molecule has 0 aliphatic carbocycles. The molecule has 2 aromatic rings. The molecule has 18 heavy (non-hydrogen) atoms. The summed E-state index contributed by atoms with van der Waals surface area (Å²) in [5, 5.41) is 3.09. The second-order valence-corrected chi connectivity index (χ2v) is 5.65. The van der Waals surface area contributed by atoms with Crippen LogP contribution in [0.4, 0.5) is 21.5 Å². The van der Waals surface area contributed by atoms with Gasteiger partial charge in [-0.3, -0.25) is 0 Å². The predicted molar refractivity (Wildman–Crippen MR) is 80.7 cm³/mol. The van der Waals surface area contributed by atoms with E-state index in [-0.39, 0.29) is 5.82 Å². The molecule has 0 amide bonds. The number of rotatable bonds is 2. The average Bonchev–Trinajstić information content (AvgIpc) is 2.31. The van der Waals surface area contributed by atoms with E-state index in [1.807, 2.05) is 25.1 Å². The molecule has 0 spiro atoms. The van der Waals surface area contributed by atoms with E-state index < -0.39 is 0 Å². The predicted octanol–water partition coefficient (Wildman–Crippen LogP) is 4.98. The van der Waals surface area contributed by atoms with Gasteiger partial charge < -0.3 is 11.1 Å². The fraction of sp³-hybridized carbons (Fsp3) is 0.0769. The van der Waals surface area contributed by atoms with E-state index in [1.54, 1.807) is 6.07 Å². The van der Waals surface area contributed by atoms with Crippen LogP contribution in [0.1, 0.15) is 5.56 Å². The topological polar surface area (TPSA) is 38.0 Å². The molecule has 0 radical (unpaired) electrons. The van der Waals surface area contributed by atoms with Crippen LogP contribution < -0.4 is 11.1 Å². The van der Waals surface area contributed by atoms with Crippen LogP contribution in [0.25, 0.3) is 0 Å². The highest BCUT2D eigenvalue weighted by Crippen LogP contribution is 2.30. The maximum Gasteiger partial charge on any atom is 0.139 e. The van der Waals surface area contributed by atoms with E-state index in [1.165, 1.54) is 6.07 Å². The van der Waals surface area contributed by atoms with Crippen molar-refractivity contribution >= 4 is 48.9 Å². The fourth-order valence-corrected chi connectivity index (χ4v) is 2.24. The van der Waals surface area contributed by atoms with E-state index in [0.717, 1.165) is 15.7 Å². The summed E-state index contributed by atoms with van der Waals surface area (Å²) in [5.74, 6) is -0.349. The maximum absolute atomic E-state index is 13.5. The molecule has 2 aromatic carbocycles. The first-order chi connectivity index (χ1) is 8.47. The first kappa shape index (κ1) is 13.4. The van der Waals surface area contributed by atoms with Crippen molar-refractivity contribution in [3.8, 4) is 0 Å². The Bertz CT molecular complexity index is 600. The summed E-state index contributed by atoms with van der Waals surface area (Å²) in [6.45, 7) is 2.00. The molecule has 0 aromatic heterocycles. The third-order valence-electron chi connectivity index (χ3n) is 2.54. The summed E-state index contributed by atoms with van der Waals surface area (Å²) in [7, 11) is 0. The Kier molecular flexibility index (Phi) is 3.92. The van der Waals surface area contributed by atoms with Gasteiger partial charge in [-0.15, -0.1) is 0 Å². The lowest BCUT2D eigenvalue weighted by Gasteiger charge is -2.11. The summed E-state index contributed by atoms with van der Waals surface area (Å²) >= 11 is 6.55. The molecule has 0 aliphatic heterocycles. The normalized spacial score (nSPS) is 10.4. The molecular weight excluding hydrogens is 363 g/mol. The molecule has 0 saturated carbocycles. The smallest absolute Gasteiger partial charge is 0.139 e. The van der Waals surface area contributed by atoms with Gasteiger partial charge in [0, 0.05) is 16.2 Å². The van der Waals surface area contributed by atoms with Crippen LogP contribution in [0.15, 0.2) is 39.3 Å². The van der Waals surface area contributed by atoms with Crippen molar-refractivity contribution in [1.29, 1.82) is 0 Å². The molecule has 0 aliphatic rings. The van der Waals surface area contributed by atoms with Crippen molar-refractivity contribution in [1.82, 2.24) is 0 Å². The molecule has 3 N–H and O–H groups in total. The SMILES string of the molecule is Cc1ccc(Nc2cc(F)c(Br)cc2N)cc1Br. The molecular formula is C13H11Br2FN2. The largest absolute Gasteiger partial charge is 0.397 e. The average molecular weight is 374 g/mol. The second-order valence-electron chi connectivity index (χ2n) is 3.94. The van der Waals surface area contributed by atoms with Gasteiger partial charge in [-0.2, -0.15) is 0 Å². The molecule has 0 atom stereocenters. The van der Waals surface area contributed by atoms with E-state index in [4.69, 9.17) is 5.73 Å². The summed E-state index contributed by atoms with van der Waals surface area (Å²) < 4.78 is 14.8. The van der Waals surface area contributed by atoms with Crippen LogP contribution in [-0.4, -0.2) is 0 Å². The molecule has 5 heteroatoms. The van der Waals surface area contributed by atoms with Gasteiger partial charge in [0.05, 0.1) is 15.8 Å². The molecule has 0 saturated heterocycles. The zero-order chi connectivity index (χ0) is 13.3. The van der Waals surface area contributed by atoms with Crippen LogP contribution in [0.2, 0.25) is 0 Å². The summed E-state index contributed by atoms with van der Waals surface area (Å²) in [6, 6.07) is 8.72. The molecule has 2 rings (SSSR count). The summed E-state index contributed by atoms with van der Waals surface area (Å²) in [5.41, 5.74) is 8.85. The van der Waals surface area contributed by atoms with Crippen LogP contribution >= 0.6 is 31.9 Å². The Labute approximate surface area is 122 Å². The van der Waals surface area contributed by atoms with Crippen LogP contribution in [-0.2, 0) is 0 Å². The Morgan fingerprint density at radius 3 is 2.50 bits per heavy atom. The summed E-state index contributed by atoms with van der Waals surface area (Å²) in [4.78, 5) is 0. The number of anilines is 3. The fourth-order valence-electron chi connectivity index (χ4n) is 1.50. The van der Waals surface area contributed by atoms with E-state index >= 15 is 0 Å². The quantitative estimate of drug-likeness (QED) is 0.728. The van der Waals surface area contributed by atoms with Crippen molar-refractivity contribution < 1.29 is 4.39 Å². The molecule has 0 unspecified atom stereocenters. The monoisotopic (exact) mass is 372 g/mol. The third-order valence-corrected chi connectivity index (χ3v) is 4.01. The number of aryl methyl sites for hydroxylation is 1. The Balaban J connectivity index is 2.34. The maximum atomic E-state index is 13.5. The number of nitrogens with two attached hydrogens (primary N) is 1. The lowest BCUT2D eigenvalue weighted by molar-refractivity contribution is 0.622. The number of hydrogen-bond acceptors (Lipinski definition) is 2. The molecule has 0 fully saturated rings. The Morgan fingerprint density at radius 1 is 1.11 bits per heavy atom. The lowest BCUT2D eigenvalue weighted by atomic mass is 10.2. The second kappa shape index (κ2) is 5.28. The van der Waals surface area contributed by atoms with Gasteiger partial charge in [-0.1, -0.05) is 22.0 Å². The van der Waals surface area contributed by atoms with E-state index in [2.05, 4.69) is 37.2 Å². The zero-order valence-electron chi connectivity index (χ0n) is 9.60. The number of nitrogen functional groups attached to an aromatic ring is 1. The summed E-state index contributed by atoms with van der Waals surface area (Å²) in [6.07, 6.45) is 0. The highest BCUT2D eigenvalue weighted by molar-refractivity contribution is 9.10. The van der Waals surface area contributed by atoms with Gasteiger partial charge in [0.25, 0.3) is 0 Å². The highest BCUT2D eigenvalue weighted by atomic mass is 79.9. The van der Waals surface area contributed by atoms with Crippen molar-refractivity contribution in [3.63, 3.8) is 0 Å². The number of halogens is 3. The highest BCUT2D eigenvalue weighted by Gasteiger charge is 2.06. The van der Waals surface area contributed by atoms with Crippen LogP contribution in [0.5, 0.6) is 0 Å². The van der Waals surface area contributed by atoms with Gasteiger partial charge in [-0.25, -0.2) is 4.39 Å². The molecule has 2 nitrogen and oxygen atoms in total. The number of hydrogen-bond donors (Lipinski definition) is 2. The number of benzene rings is 2. The van der Waals surface area contributed by atoms with Crippen LogP contribution in [0.3, 0.4) is 0 Å². The minimum Gasteiger partial charge on any atom is -0.397 e. The van der Waals surface area contributed by atoms with Gasteiger partial charge in [0.2, 0.25) is 0 Å². The Hall–Kier alpha value is -1.07. The van der Waals surface area contributed by atoms with Crippen molar-refractivity contribution in [2.45, 2.75) is 6.92 Å². The third kappa shape index (κ3) is 2.84. The standard InChI is InChI=1S/C13H11Br2FN2/c1-7-2-3-8(4-9(7)14)18-13-6-11(16)10(15)5-12(13)17/h2-6,18H,17H2,1H3. The lowest BCUT2D eigenvalue weighted by Crippen LogP contribution is -1.98. The molecule has 0 bridgehead atoms. The minimum absolute atomic E-state index is 0.349. The van der Waals surface area contributed by atoms with E-state index in [9.17, 15) is 4.39 Å². The first-order valence-corrected chi connectivity index (χ1v) is 6.83. The van der Waals surface area contributed by atoms with Crippen molar-refractivity contribution in [2.75, 3.05) is 11.1 Å². The molecule has 94 valence electrons. The van der Waals surface area contributed by atoms with Gasteiger partial charge in [-0.05, 0) is 46.6 Å². The van der Waals surface area contributed by atoms with Crippen LogP contribution in [0, 0.1) is 12.7 Å². The van der Waals surface area contributed by atoms with Gasteiger partial charge in [0.15, 0.2) is 0 Å². The van der Waals surface area contributed by atoms with E-state index in [0.29, 0.717) is 15.8 Å². The Morgan fingerprint density at radius 2 is 1.83 bits per heavy atom. The van der Waals surface area contributed by atoms with Crippen molar-refractivity contribution in [3.05, 3.63) is 50.7 Å². The number of nitrogens with one attached hydrogen (secondary N) is 1. The first-order valence-electron chi connectivity index (χ1n) is 5.25. The minimum atomic E-state index is -0.349. The van der Waals surface area contributed by atoms with Gasteiger partial charge in [0.1, 0.15) is 5.82 Å². The zero-order valence-corrected chi connectivity index (χ0v) is 12.8. The van der Waals surface area contributed by atoms with Gasteiger partial charge >= 0.3 is 0 Å².